The molecule has 0 amide bonds. The van der Waals surface area contributed by atoms with Crippen molar-refractivity contribution in [2.24, 2.45) is 11.1 Å². The topological polar surface area (TPSA) is 39.2 Å². The highest BCUT2D eigenvalue weighted by Gasteiger charge is 2.24. The summed E-state index contributed by atoms with van der Waals surface area (Å²) in [4.78, 5) is 0. The number of hydrogen-bond acceptors (Lipinski definition) is 2. The fourth-order valence-electron chi connectivity index (χ4n) is 1.67. The summed E-state index contributed by atoms with van der Waals surface area (Å²) in [6, 6.07) is 4.07. The fraction of sp³-hybridized carbons (Fsp3) is 0.714. The van der Waals surface area contributed by atoms with E-state index in [9.17, 15) is 0 Å². The molecule has 0 aliphatic heterocycles. The summed E-state index contributed by atoms with van der Waals surface area (Å²) in [7, 11) is 0. The molecule has 1 atom stereocenters. The van der Waals surface area contributed by atoms with E-state index in [1.807, 2.05) is 6.07 Å². The van der Waals surface area contributed by atoms with E-state index in [0.717, 1.165) is 17.9 Å². The highest BCUT2D eigenvalue weighted by molar-refractivity contribution is 5.12. The Balaban J connectivity index is 2.57. The van der Waals surface area contributed by atoms with Crippen LogP contribution in [-0.2, 0) is 6.42 Å². The van der Waals surface area contributed by atoms with Gasteiger partial charge in [0.05, 0.1) is 6.04 Å². The molecule has 0 aromatic carbocycles. The first-order chi connectivity index (χ1) is 7.45. The largest absolute Gasteiger partial charge is 0.464 e. The molecule has 1 aromatic heterocycles. The molecule has 2 heteroatoms. The maximum Gasteiger partial charge on any atom is 0.121 e. The first kappa shape index (κ1) is 13.3. The van der Waals surface area contributed by atoms with Gasteiger partial charge in [0.15, 0.2) is 0 Å². The highest BCUT2D eigenvalue weighted by Crippen LogP contribution is 2.31. The van der Waals surface area contributed by atoms with Crippen molar-refractivity contribution in [1.29, 1.82) is 0 Å². The summed E-state index contributed by atoms with van der Waals surface area (Å²) in [6.45, 7) is 8.62. The minimum absolute atomic E-state index is 0.0209. The summed E-state index contributed by atoms with van der Waals surface area (Å²) in [5, 5.41) is 0. The Hall–Kier alpha value is -0.760. The van der Waals surface area contributed by atoms with Gasteiger partial charge >= 0.3 is 0 Å². The van der Waals surface area contributed by atoms with Crippen molar-refractivity contribution < 1.29 is 4.42 Å². The van der Waals surface area contributed by atoms with Crippen LogP contribution in [0.2, 0.25) is 0 Å². The number of furan rings is 1. The Morgan fingerprint density at radius 1 is 1.25 bits per heavy atom. The molecule has 92 valence electrons. The third kappa shape index (κ3) is 3.67. The first-order valence-electron chi connectivity index (χ1n) is 6.29. The lowest BCUT2D eigenvalue weighted by atomic mass is 9.86. The summed E-state index contributed by atoms with van der Waals surface area (Å²) >= 11 is 0. The number of unbranched alkanes of at least 4 members (excludes halogenated alkanes) is 2. The van der Waals surface area contributed by atoms with E-state index < -0.39 is 0 Å². The zero-order chi connectivity index (χ0) is 12.2. The van der Waals surface area contributed by atoms with E-state index in [1.54, 1.807) is 0 Å². The molecule has 0 fully saturated rings. The van der Waals surface area contributed by atoms with Gasteiger partial charge in [0, 0.05) is 6.42 Å². The van der Waals surface area contributed by atoms with Crippen LogP contribution in [0.1, 0.15) is 64.5 Å². The zero-order valence-corrected chi connectivity index (χ0v) is 11.0. The Bertz CT molecular complexity index is 309. The van der Waals surface area contributed by atoms with Crippen LogP contribution in [0.3, 0.4) is 0 Å². The van der Waals surface area contributed by atoms with Crippen molar-refractivity contribution in [3.05, 3.63) is 23.7 Å². The minimum atomic E-state index is -0.0209. The Kier molecular flexibility index (Phi) is 4.60. The van der Waals surface area contributed by atoms with Gasteiger partial charge in [-0.15, -0.1) is 0 Å². The van der Waals surface area contributed by atoms with E-state index in [1.165, 1.54) is 19.3 Å². The molecule has 1 rings (SSSR count). The molecular weight excluding hydrogens is 198 g/mol. The maximum absolute atomic E-state index is 6.15. The average molecular weight is 223 g/mol. The summed E-state index contributed by atoms with van der Waals surface area (Å²) in [6.07, 6.45) is 4.75. The number of aryl methyl sites for hydroxylation is 1. The standard InChI is InChI=1S/C14H25NO/c1-5-6-7-8-11-9-10-12(16-11)13(15)14(2,3)4/h9-10,13H,5-8,15H2,1-4H3/t13-/m0/s1. The van der Waals surface area contributed by atoms with Crippen LogP contribution in [0.5, 0.6) is 0 Å². The lowest BCUT2D eigenvalue weighted by molar-refractivity contribution is 0.279. The second kappa shape index (κ2) is 5.53. The summed E-state index contributed by atoms with van der Waals surface area (Å²) in [5.74, 6) is 1.99. The van der Waals surface area contributed by atoms with E-state index >= 15 is 0 Å². The zero-order valence-electron chi connectivity index (χ0n) is 11.0. The van der Waals surface area contributed by atoms with E-state index in [0.29, 0.717) is 0 Å². The van der Waals surface area contributed by atoms with Crippen LogP contribution in [0, 0.1) is 5.41 Å². The van der Waals surface area contributed by atoms with Gasteiger partial charge in [0.1, 0.15) is 11.5 Å². The smallest absolute Gasteiger partial charge is 0.121 e. The molecule has 0 radical (unpaired) electrons. The SMILES string of the molecule is CCCCCc1ccc([C@H](N)C(C)(C)C)o1. The van der Waals surface area contributed by atoms with Crippen LogP contribution in [0.25, 0.3) is 0 Å². The summed E-state index contributed by atoms with van der Waals surface area (Å²) in [5.41, 5.74) is 6.20. The van der Waals surface area contributed by atoms with Gasteiger partial charge in [-0.3, -0.25) is 0 Å². The fourth-order valence-corrected chi connectivity index (χ4v) is 1.67. The maximum atomic E-state index is 6.15. The molecule has 0 saturated heterocycles. The minimum Gasteiger partial charge on any atom is -0.464 e. The van der Waals surface area contributed by atoms with Crippen LogP contribution < -0.4 is 5.73 Å². The molecule has 0 aliphatic rings. The number of nitrogens with two attached hydrogens (primary N) is 1. The van der Waals surface area contributed by atoms with Crippen LogP contribution in [0.15, 0.2) is 16.5 Å². The third-order valence-corrected chi connectivity index (χ3v) is 2.95. The van der Waals surface area contributed by atoms with Gasteiger partial charge in [-0.1, -0.05) is 40.5 Å². The van der Waals surface area contributed by atoms with E-state index in [2.05, 4.69) is 33.8 Å². The van der Waals surface area contributed by atoms with Crippen LogP contribution in [0.4, 0.5) is 0 Å². The number of hydrogen-bond donors (Lipinski definition) is 1. The molecule has 0 spiro atoms. The first-order valence-corrected chi connectivity index (χ1v) is 6.29. The molecule has 2 nitrogen and oxygen atoms in total. The quantitative estimate of drug-likeness (QED) is 0.765. The predicted octanol–water partition coefficient (Wildman–Crippen LogP) is 4.06. The molecule has 2 N–H and O–H groups in total. The van der Waals surface area contributed by atoms with Crippen molar-refractivity contribution in [2.75, 3.05) is 0 Å². The van der Waals surface area contributed by atoms with Gasteiger partial charge < -0.3 is 10.2 Å². The van der Waals surface area contributed by atoms with Crippen LogP contribution >= 0.6 is 0 Å². The Morgan fingerprint density at radius 2 is 1.94 bits per heavy atom. The Labute approximate surface area is 99.2 Å². The lowest BCUT2D eigenvalue weighted by Crippen LogP contribution is -2.25. The van der Waals surface area contributed by atoms with E-state index in [-0.39, 0.29) is 11.5 Å². The van der Waals surface area contributed by atoms with Gasteiger partial charge in [-0.2, -0.15) is 0 Å². The molecule has 0 unspecified atom stereocenters. The second-order valence-electron chi connectivity index (χ2n) is 5.60. The molecule has 1 heterocycles. The Morgan fingerprint density at radius 3 is 2.50 bits per heavy atom. The predicted molar refractivity (Wildman–Crippen MR) is 68.3 cm³/mol. The van der Waals surface area contributed by atoms with Crippen molar-refractivity contribution in [3.63, 3.8) is 0 Å². The molecule has 0 saturated carbocycles. The van der Waals surface area contributed by atoms with Gasteiger partial charge in [0.2, 0.25) is 0 Å². The van der Waals surface area contributed by atoms with Gasteiger partial charge in [0.25, 0.3) is 0 Å². The molecular formula is C14H25NO. The molecule has 0 bridgehead atoms. The van der Waals surface area contributed by atoms with Crippen LogP contribution in [-0.4, -0.2) is 0 Å². The lowest BCUT2D eigenvalue weighted by Gasteiger charge is -2.24. The van der Waals surface area contributed by atoms with Crippen molar-refractivity contribution in [2.45, 2.75) is 59.4 Å². The summed E-state index contributed by atoms with van der Waals surface area (Å²) < 4.78 is 5.79. The van der Waals surface area contributed by atoms with E-state index in [4.69, 9.17) is 10.2 Å². The molecule has 1 aromatic rings. The average Bonchev–Trinajstić information content (AvgIpc) is 2.64. The third-order valence-electron chi connectivity index (χ3n) is 2.95. The monoisotopic (exact) mass is 223 g/mol. The van der Waals surface area contributed by atoms with Crippen molar-refractivity contribution >= 4 is 0 Å². The number of rotatable bonds is 5. The van der Waals surface area contributed by atoms with Gasteiger partial charge in [-0.05, 0) is 24.0 Å². The van der Waals surface area contributed by atoms with Crippen molar-refractivity contribution in [1.82, 2.24) is 0 Å². The second-order valence-corrected chi connectivity index (χ2v) is 5.60. The van der Waals surface area contributed by atoms with Gasteiger partial charge in [-0.25, -0.2) is 0 Å². The highest BCUT2D eigenvalue weighted by atomic mass is 16.3. The normalized spacial score (nSPS) is 14.1. The molecule has 0 aliphatic carbocycles. The van der Waals surface area contributed by atoms with Crippen molar-refractivity contribution in [3.8, 4) is 0 Å². The molecule has 16 heavy (non-hydrogen) atoms.